The number of amides is 1. The quantitative estimate of drug-likeness (QED) is 0.587. The number of rotatable bonds is 8. The fourth-order valence-corrected chi connectivity index (χ4v) is 5.35. The van der Waals surface area contributed by atoms with Gasteiger partial charge >= 0.3 is 11.8 Å². The molecule has 1 N–H and O–H groups in total. The lowest BCUT2D eigenvalue weighted by molar-refractivity contribution is 0.0292. The van der Waals surface area contributed by atoms with Crippen molar-refractivity contribution in [3.05, 3.63) is 39.0 Å². The van der Waals surface area contributed by atoms with Crippen LogP contribution in [0.15, 0.2) is 32.7 Å². The second-order valence-corrected chi connectivity index (χ2v) is 12.7. The number of nitrogens with zero attached hydrogens (tertiary/aromatic N) is 3. The zero-order valence-electron chi connectivity index (χ0n) is 21.0. The molecule has 2 aromatic rings. The Labute approximate surface area is 204 Å². The number of aromatic nitrogens is 2. The molecule has 192 valence electrons. The summed E-state index contributed by atoms with van der Waals surface area (Å²) in [4.78, 5) is 40.3. The number of hydrogen-bond donors (Lipinski definition) is 1. The van der Waals surface area contributed by atoms with Crippen LogP contribution in [0.4, 0.5) is 4.79 Å². The number of hydrogen-bond acceptors (Lipinski definition) is 6. The van der Waals surface area contributed by atoms with E-state index in [1.54, 1.807) is 31.4 Å². The zero-order chi connectivity index (χ0) is 25.8. The van der Waals surface area contributed by atoms with E-state index in [9.17, 15) is 22.8 Å². The van der Waals surface area contributed by atoms with Crippen molar-refractivity contribution in [1.82, 2.24) is 18.8 Å². The molecule has 1 aromatic carbocycles. The Bertz CT molecular complexity index is 1380. The number of carbonyl (C=O) groups is 1. The van der Waals surface area contributed by atoms with Gasteiger partial charge in [0.05, 0.1) is 15.8 Å². The van der Waals surface area contributed by atoms with Gasteiger partial charge < -0.3 is 9.64 Å². The monoisotopic (exact) mass is 506 g/mol. The Balaban J connectivity index is 1.71. The smallest absolute Gasteiger partial charge is 0.410 e. The molecule has 0 unspecified atom stereocenters. The van der Waals surface area contributed by atoms with Crippen LogP contribution in [-0.2, 0) is 27.8 Å². The van der Waals surface area contributed by atoms with Crippen LogP contribution in [0, 0.1) is 5.92 Å². The fourth-order valence-electron chi connectivity index (χ4n) is 3.86. The van der Waals surface area contributed by atoms with Crippen LogP contribution >= 0.6 is 0 Å². The minimum Gasteiger partial charge on any atom is -0.444 e. The van der Waals surface area contributed by atoms with E-state index in [4.69, 9.17) is 4.74 Å². The summed E-state index contributed by atoms with van der Waals surface area (Å²) in [5, 5.41) is 0.161. The first kappa shape index (κ1) is 25.4. The van der Waals surface area contributed by atoms with Gasteiger partial charge in [-0.2, -0.15) is 0 Å². The third-order valence-corrected chi connectivity index (χ3v) is 8.03. The molecule has 1 heterocycles. The van der Waals surface area contributed by atoms with Crippen molar-refractivity contribution >= 4 is 27.0 Å². The summed E-state index contributed by atoms with van der Waals surface area (Å²) < 4.78 is 36.5. The van der Waals surface area contributed by atoms with E-state index in [0.717, 1.165) is 30.3 Å². The Morgan fingerprint density at radius 3 is 2.43 bits per heavy atom. The highest BCUT2D eigenvalue weighted by Gasteiger charge is 2.41. The number of likely N-dealkylation sites (N-methyl/N-ethyl adjacent to an activating group) is 1. The van der Waals surface area contributed by atoms with Gasteiger partial charge in [-0.25, -0.2) is 22.7 Å². The first-order valence-corrected chi connectivity index (χ1v) is 13.4. The number of carbonyl (C=O) groups excluding carboxylic acids is 1. The summed E-state index contributed by atoms with van der Waals surface area (Å²) >= 11 is 0. The third-order valence-electron chi connectivity index (χ3n) is 6.39. The molecule has 2 saturated carbocycles. The van der Waals surface area contributed by atoms with E-state index in [1.807, 2.05) is 6.92 Å². The number of ether oxygens (including phenoxy) is 1. The van der Waals surface area contributed by atoms with E-state index in [2.05, 4.69) is 4.72 Å². The van der Waals surface area contributed by atoms with Gasteiger partial charge in [0.15, 0.2) is 0 Å². The third kappa shape index (κ3) is 5.78. The SMILES string of the molecule is CN(CCn1c(=O)c2cc(S(=O)(=O)NC3(C)CC3)ccc2n(CC2CC2)c1=O)C(=O)OC(C)(C)C. The van der Waals surface area contributed by atoms with Crippen LogP contribution in [0.5, 0.6) is 0 Å². The predicted octanol–water partition coefficient (Wildman–Crippen LogP) is 2.27. The molecular formula is C24H34N4O6S. The molecule has 0 atom stereocenters. The lowest BCUT2D eigenvalue weighted by Crippen LogP contribution is -2.44. The highest BCUT2D eigenvalue weighted by atomic mass is 32.2. The molecule has 2 fully saturated rings. The summed E-state index contributed by atoms with van der Waals surface area (Å²) in [7, 11) is -2.28. The van der Waals surface area contributed by atoms with Gasteiger partial charge in [0.1, 0.15) is 5.60 Å². The maximum Gasteiger partial charge on any atom is 0.410 e. The molecule has 0 radical (unpaired) electrons. The minimum absolute atomic E-state index is 0.00994. The van der Waals surface area contributed by atoms with Crippen LogP contribution < -0.4 is 16.0 Å². The largest absolute Gasteiger partial charge is 0.444 e. The number of fused-ring (bicyclic) bond motifs is 1. The maximum absolute atomic E-state index is 13.4. The van der Waals surface area contributed by atoms with Gasteiger partial charge in [-0.1, -0.05) is 0 Å². The molecule has 35 heavy (non-hydrogen) atoms. The van der Waals surface area contributed by atoms with Crippen LogP contribution in [0.25, 0.3) is 10.9 Å². The molecule has 1 aromatic heterocycles. The van der Waals surface area contributed by atoms with Crippen molar-refractivity contribution in [1.29, 1.82) is 0 Å². The summed E-state index contributed by atoms with van der Waals surface area (Å²) in [6.07, 6.45) is 2.97. The van der Waals surface area contributed by atoms with Gasteiger partial charge in [-0.05, 0) is 77.5 Å². The predicted molar refractivity (Wildman–Crippen MR) is 132 cm³/mol. The average Bonchev–Trinajstić information content (AvgIpc) is 3.68. The molecule has 0 bridgehead atoms. The Hall–Kier alpha value is -2.66. The highest BCUT2D eigenvalue weighted by molar-refractivity contribution is 7.89. The van der Waals surface area contributed by atoms with Crippen molar-refractivity contribution in [2.24, 2.45) is 5.92 Å². The number of benzene rings is 1. The first-order valence-electron chi connectivity index (χ1n) is 11.9. The van der Waals surface area contributed by atoms with Crippen LogP contribution in [0.2, 0.25) is 0 Å². The molecule has 0 aliphatic heterocycles. The van der Waals surface area contributed by atoms with Crippen LogP contribution in [0.3, 0.4) is 0 Å². The standard InChI is InChI=1S/C24H34N4O6S/c1-23(2,3)34-22(31)26(5)12-13-27-20(29)18-14-17(35(32,33)25-24(4)10-11-24)8-9-19(18)28(21(27)30)15-16-6-7-16/h8-9,14,16,25H,6-7,10-13,15H2,1-5H3. The molecule has 2 aliphatic carbocycles. The zero-order valence-corrected chi connectivity index (χ0v) is 21.8. The molecule has 11 heteroatoms. The Morgan fingerprint density at radius 2 is 1.86 bits per heavy atom. The van der Waals surface area contributed by atoms with E-state index in [-0.39, 0.29) is 23.4 Å². The second kappa shape index (κ2) is 8.77. The lowest BCUT2D eigenvalue weighted by atomic mass is 10.2. The maximum atomic E-state index is 13.4. The van der Waals surface area contributed by atoms with Gasteiger partial charge in [-0.15, -0.1) is 0 Å². The van der Waals surface area contributed by atoms with Crippen molar-refractivity contribution < 1.29 is 17.9 Å². The van der Waals surface area contributed by atoms with Crippen molar-refractivity contribution in [3.8, 4) is 0 Å². The molecule has 0 saturated heterocycles. The lowest BCUT2D eigenvalue weighted by Gasteiger charge is -2.25. The molecule has 2 aliphatic rings. The molecular weight excluding hydrogens is 472 g/mol. The Morgan fingerprint density at radius 1 is 1.20 bits per heavy atom. The summed E-state index contributed by atoms with van der Waals surface area (Å²) in [5.74, 6) is 0.353. The normalized spacial score (nSPS) is 17.4. The fraction of sp³-hybridized carbons (Fsp3) is 0.625. The van der Waals surface area contributed by atoms with Crippen molar-refractivity contribution in [2.45, 2.75) is 82.5 Å². The van der Waals surface area contributed by atoms with E-state index < -0.39 is 38.5 Å². The van der Waals surface area contributed by atoms with Crippen molar-refractivity contribution in [3.63, 3.8) is 0 Å². The molecule has 0 spiro atoms. The molecule has 4 rings (SSSR count). The van der Waals surface area contributed by atoms with Gasteiger partial charge in [0.25, 0.3) is 5.56 Å². The van der Waals surface area contributed by atoms with Crippen LogP contribution in [0.1, 0.15) is 53.4 Å². The molecule has 1 amide bonds. The van der Waals surface area contributed by atoms with Gasteiger partial charge in [0.2, 0.25) is 10.0 Å². The second-order valence-electron chi connectivity index (χ2n) is 11.0. The number of sulfonamides is 1. The van der Waals surface area contributed by atoms with E-state index in [1.165, 1.54) is 24.1 Å². The van der Waals surface area contributed by atoms with E-state index in [0.29, 0.717) is 18.0 Å². The van der Waals surface area contributed by atoms with Gasteiger partial charge in [-0.3, -0.25) is 13.9 Å². The summed E-state index contributed by atoms with van der Waals surface area (Å²) in [5.41, 5.74) is -1.75. The average molecular weight is 507 g/mol. The summed E-state index contributed by atoms with van der Waals surface area (Å²) in [6.45, 7) is 7.61. The van der Waals surface area contributed by atoms with Crippen molar-refractivity contribution in [2.75, 3.05) is 13.6 Å². The van der Waals surface area contributed by atoms with Crippen LogP contribution in [-0.4, -0.2) is 53.3 Å². The highest BCUT2D eigenvalue weighted by Crippen LogP contribution is 2.36. The number of nitrogens with one attached hydrogen (secondary N) is 1. The van der Waals surface area contributed by atoms with E-state index >= 15 is 0 Å². The minimum atomic E-state index is -3.82. The topological polar surface area (TPSA) is 120 Å². The first-order chi connectivity index (χ1) is 16.2. The Kier molecular flexibility index (Phi) is 6.38. The van der Waals surface area contributed by atoms with Gasteiger partial charge in [0, 0.05) is 32.2 Å². The summed E-state index contributed by atoms with van der Waals surface area (Å²) in [6, 6.07) is 4.34. The molecule has 10 nitrogen and oxygen atoms in total.